The molecule has 0 saturated heterocycles. The first kappa shape index (κ1) is 14.9. The molecular weight excluding hydrogens is 290 g/mol. The van der Waals surface area contributed by atoms with Gasteiger partial charge < -0.3 is 16.8 Å². The van der Waals surface area contributed by atoms with Crippen LogP contribution in [0.3, 0.4) is 0 Å². The van der Waals surface area contributed by atoms with Gasteiger partial charge in [0.2, 0.25) is 11.8 Å². The fourth-order valence-electron chi connectivity index (χ4n) is 1.86. The molecule has 5 N–H and O–H groups in total. The zero-order valence-corrected chi connectivity index (χ0v) is 11.9. The molecule has 0 aliphatic rings. The second kappa shape index (κ2) is 6.28. The number of halogens is 1. The highest BCUT2D eigenvalue weighted by Gasteiger charge is 2.07. The van der Waals surface area contributed by atoms with E-state index in [1.165, 1.54) is 0 Å². The zero-order valence-electron chi connectivity index (χ0n) is 11.1. The van der Waals surface area contributed by atoms with Crippen molar-refractivity contribution >= 4 is 29.1 Å². The molecule has 0 aliphatic heterocycles. The molecule has 0 spiro atoms. The Bertz CT molecular complexity index is 701. The summed E-state index contributed by atoms with van der Waals surface area (Å²) in [6.07, 6.45) is 0. The molecule has 0 fully saturated rings. The lowest BCUT2D eigenvalue weighted by Crippen LogP contribution is -2.12. The van der Waals surface area contributed by atoms with Crippen LogP contribution in [0.15, 0.2) is 42.5 Å². The first-order valence-corrected chi connectivity index (χ1v) is 6.57. The van der Waals surface area contributed by atoms with E-state index in [9.17, 15) is 9.59 Å². The number of carbonyl (C=O) groups excluding carboxylic acids is 2. The first-order chi connectivity index (χ1) is 9.97. The molecule has 21 heavy (non-hydrogen) atoms. The number of carbonyl (C=O) groups is 2. The molecule has 0 aromatic heterocycles. The van der Waals surface area contributed by atoms with E-state index in [-0.39, 0.29) is 5.56 Å². The van der Waals surface area contributed by atoms with Crippen molar-refractivity contribution in [3.05, 3.63) is 64.2 Å². The SMILES string of the molecule is NC(=O)c1cccc(CNc2ccc(C(N)=O)c(Cl)c2)c1. The van der Waals surface area contributed by atoms with E-state index in [4.69, 9.17) is 23.1 Å². The molecular formula is C15H14ClN3O2. The molecule has 6 heteroatoms. The molecule has 0 aliphatic carbocycles. The summed E-state index contributed by atoms with van der Waals surface area (Å²) in [5.41, 5.74) is 12.8. The molecule has 0 bridgehead atoms. The van der Waals surface area contributed by atoms with Gasteiger partial charge in [-0.05, 0) is 35.9 Å². The third-order valence-corrected chi connectivity index (χ3v) is 3.26. The number of rotatable bonds is 5. The van der Waals surface area contributed by atoms with Crippen LogP contribution in [-0.4, -0.2) is 11.8 Å². The van der Waals surface area contributed by atoms with Crippen molar-refractivity contribution in [2.45, 2.75) is 6.54 Å². The van der Waals surface area contributed by atoms with Crippen LogP contribution in [0.1, 0.15) is 26.3 Å². The summed E-state index contributed by atoms with van der Waals surface area (Å²) in [5.74, 6) is -1.04. The van der Waals surface area contributed by atoms with Crippen LogP contribution in [0.4, 0.5) is 5.69 Å². The van der Waals surface area contributed by atoms with E-state index in [1.807, 2.05) is 6.07 Å². The number of hydrogen-bond acceptors (Lipinski definition) is 3. The van der Waals surface area contributed by atoms with Crippen LogP contribution < -0.4 is 16.8 Å². The highest BCUT2D eigenvalue weighted by atomic mass is 35.5. The highest BCUT2D eigenvalue weighted by Crippen LogP contribution is 2.21. The first-order valence-electron chi connectivity index (χ1n) is 6.19. The molecule has 2 aromatic rings. The van der Waals surface area contributed by atoms with Crippen molar-refractivity contribution in [3.8, 4) is 0 Å². The molecule has 2 aromatic carbocycles. The average Bonchev–Trinajstić information content (AvgIpc) is 2.45. The molecule has 108 valence electrons. The Morgan fingerprint density at radius 2 is 1.81 bits per heavy atom. The molecule has 2 rings (SSSR count). The Kier molecular flexibility index (Phi) is 4.45. The summed E-state index contributed by atoms with van der Waals surface area (Å²) < 4.78 is 0. The lowest BCUT2D eigenvalue weighted by molar-refractivity contribution is 0.0992. The topological polar surface area (TPSA) is 98.2 Å². The van der Waals surface area contributed by atoms with Crippen molar-refractivity contribution in [2.75, 3.05) is 5.32 Å². The van der Waals surface area contributed by atoms with E-state index in [0.717, 1.165) is 11.3 Å². The maximum Gasteiger partial charge on any atom is 0.250 e. The van der Waals surface area contributed by atoms with Crippen LogP contribution in [0.25, 0.3) is 0 Å². The van der Waals surface area contributed by atoms with E-state index in [2.05, 4.69) is 5.32 Å². The second-order valence-electron chi connectivity index (χ2n) is 4.48. The third kappa shape index (κ3) is 3.73. The predicted molar refractivity (Wildman–Crippen MR) is 82.3 cm³/mol. The monoisotopic (exact) mass is 303 g/mol. The van der Waals surface area contributed by atoms with Gasteiger partial charge in [-0.2, -0.15) is 0 Å². The number of nitrogens with two attached hydrogens (primary N) is 2. The van der Waals surface area contributed by atoms with Crippen LogP contribution in [0.5, 0.6) is 0 Å². The molecule has 0 heterocycles. The Hall–Kier alpha value is -2.53. The highest BCUT2D eigenvalue weighted by molar-refractivity contribution is 6.34. The van der Waals surface area contributed by atoms with Gasteiger partial charge in [0.05, 0.1) is 10.6 Å². The van der Waals surface area contributed by atoms with Crippen molar-refractivity contribution in [2.24, 2.45) is 11.5 Å². The van der Waals surface area contributed by atoms with Crippen molar-refractivity contribution in [3.63, 3.8) is 0 Å². The molecule has 2 amide bonds. The summed E-state index contributed by atoms with van der Waals surface area (Å²) >= 11 is 5.97. The summed E-state index contributed by atoms with van der Waals surface area (Å²) in [6, 6.07) is 11.9. The minimum Gasteiger partial charge on any atom is -0.381 e. The average molecular weight is 304 g/mol. The van der Waals surface area contributed by atoms with Gasteiger partial charge in [0.15, 0.2) is 0 Å². The lowest BCUT2D eigenvalue weighted by atomic mass is 10.1. The number of nitrogens with one attached hydrogen (secondary N) is 1. The Balaban J connectivity index is 2.10. The van der Waals surface area contributed by atoms with Gasteiger partial charge in [-0.15, -0.1) is 0 Å². The number of anilines is 1. The van der Waals surface area contributed by atoms with Gasteiger partial charge >= 0.3 is 0 Å². The molecule has 5 nitrogen and oxygen atoms in total. The van der Waals surface area contributed by atoms with Crippen LogP contribution >= 0.6 is 11.6 Å². The van der Waals surface area contributed by atoms with Gasteiger partial charge in [0.25, 0.3) is 0 Å². The van der Waals surface area contributed by atoms with Gasteiger partial charge in [-0.1, -0.05) is 23.7 Å². The summed E-state index contributed by atoms with van der Waals surface area (Å²) in [6.45, 7) is 0.493. The van der Waals surface area contributed by atoms with Crippen molar-refractivity contribution < 1.29 is 9.59 Å². The van der Waals surface area contributed by atoms with E-state index < -0.39 is 11.8 Å². The fraction of sp³-hybridized carbons (Fsp3) is 0.0667. The summed E-state index contributed by atoms with van der Waals surface area (Å²) in [7, 11) is 0. The lowest BCUT2D eigenvalue weighted by Gasteiger charge is -2.09. The Morgan fingerprint density at radius 3 is 2.43 bits per heavy atom. The van der Waals surface area contributed by atoms with E-state index in [1.54, 1.807) is 36.4 Å². The largest absolute Gasteiger partial charge is 0.381 e. The van der Waals surface area contributed by atoms with Crippen LogP contribution in [0.2, 0.25) is 5.02 Å². The quantitative estimate of drug-likeness (QED) is 0.789. The van der Waals surface area contributed by atoms with Crippen LogP contribution in [0, 0.1) is 0 Å². The zero-order chi connectivity index (χ0) is 15.4. The molecule has 0 atom stereocenters. The van der Waals surface area contributed by atoms with Gasteiger partial charge in [-0.3, -0.25) is 9.59 Å². The van der Waals surface area contributed by atoms with Gasteiger partial charge in [0.1, 0.15) is 0 Å². The number of benzene rings is 2. The Labute approximate surface area is 126 Å². The maximum absolute atomic E-state index is 11.1. The molecule has 0 unspecified atom stereocenters. The normalized spacial score (nSPS) is 10.1. The third-order valence-electron chi connectivity index (χ3n) is 2.94. The van der Waals surface area contributed by atoms with Gasteiger partial charge in [-0.25, -0.2) is 0 Å². The van der Waals surface area contributed by atoms with Gasteiger partial charge in [0, 0.05) is 17.8 Å². The smallest absolute Gasteiger partial charge is 0.250 e. The summed E-state index contributed by atoms with van der Waals surface area (Å²) in [4.78, 5) is 22.2. The molecule has 0 saturated carbocycles. The Morgan fingerprint density at radius 1 is 1.05 bits per heavy atom. The minimum absolute atomic E-state index is 0.276. The number of hydrogen-bond donors (Lipinski definition) is 3. The number of primary amides is 2. The van der Waals surface area contributed by atoms with Crippen molar-refractivity contribution in [1.82, 2.24) is 0 Å². The van der Waals surface area contributed by atoms with E-state index >= 15 is 0 Å². The number of amides is 2. The minimum atomic E-state index is -0.569. The van der Waals surface area contributed by atoms with Crippen molar-refractivity contribution in [1.29, 1.82) is 0 Å². The molecule has 0 radical (unpaired) electrons. The fourth-order valence-corrected chi connectivity index (χ4v) is 2.14. The second-order valence-corrected chi connectivity index (χ2v) is 4.88. The van der Waals surface area contributed by atoms with Crippen LogP contribution in [-0.2, 0) is 6.54 Å². The van der Waals surface area contributed by atoms with E-state index in [0.29, 0.717) is 17.1 Å². The standard InChI is InChI=1S/C15H14ClN3O2/c16-13-7-11(4-5-12(13)15(18)21)19-8-9-2-1-3-10(6-9)14(17)20/h1-7,19H,8H2,(H2,17,20)(H2,18,21). The maximum atomic E-state index is 11.1. The predicted octanol–water partition coefficient (Wildman–Crippen LogP) is 2.15. The summed E-state index contributed by atoms with van der Waals surface area (Å²) in [5, 5.41) is 3.44.